The van der Waals surface area contributed by atoms with Crippen molar-refractivity contribution < 1.29 is 14.7 Å². The van der Waals surface area contributed by atoms with Crippen LogP contribution in [0.1, 0.15) is 12.0 Å². The molecule has 0 bridgehead atoms. The number of rotatable bonds is 3. The van der Waals surface area contributed by atoms with E-state index in [4.69, 9.17) is 10.4 Å². The van der Waals surface area contributed by atoms with Crippen LogP contribution < -0.4 is 9.80 Å². The zero-order chi connectivity index (χ0) is 14.0. The molecular formula is C13H13N3O3. The molecule has 0 atom stereocenters. The molecule has 19 heavy (non-hydrogen) atoms. The van der Waals surface area contributed by atoms with Crippen LogP contribution in [0.4, 0.5) is 11.4 Å². The normalized spacial score (nSPS) is 14.0. The Labute approximate surface area is 110 Å². The van der Waals surface area contributed by atoms with Crippen molar-refractivity contribution in [3.8, 4) is 6.07 Å². The number of amides is 1. The first-order valence-electron chi connectivity index (χ1n) is 5.80. The molecule has 1 aliphatic rings. The number of hydrogen-bond donors (Lipinski definition) is 1. The first kappa shape index (κ1) is 12.9. The van der Waals surface area contributed by atoms with Gasteiger partial charge in [-0.05, 0) is 18.2 Å². The Hall–Kier alpha value is -2.55. The molecule has 1 amide bonds. The van der Waals surface area contributed by atoms with E-state index >= 15 is 0 Å². The molecule has 1 N–H and O–H groups in total. The van der Waals surface area contributed by atoms with Gasteiger partial charge < -0.3 is 14.9 Å². The van der Waals surface area contributed by atoms with Crippen molar-refractivity contribution in [2.45, 2.75) is 6.42 Å². The molecule has 1 heterocycles. The lowest BCUT2D eigenvalue weighted by atomic mass is 10.1. The summed E-state index contributed by atoms with van der Waals surface area (Å²) in [6.07, 6.45) is -0.119. The number of carboxylic acid groups (broad SMARTS) is 1. The smallest absolute Gasteiger partial charge is 0.305 e. The first-order valence-corrected chi connectivity index (χ1v) is 5.80. The van der Waals surface area contributed by atoms with Gasteiger partial charge >= 0.3 is 5.97 Å². The highest BCUT2D eigenvalue weighted by Gasteiger charge is 2.27. The number of carbonyl (C=O) groups is 2. The molecule has 6 nitrogen and oxygen atoms in total. The number of nitriles is 1. The van der Waals surface area contributed by atoms with Gasteiger partial charge in [-0.1, -0.05) is 0 Å². The number of hydrogen-bond acceptors (Lipinski definition) is 4. The SMILES string of the molecule is CN1CC(=O)N(CCC(=O)O)c2cc(C#N)ccc21. The summed E-state index contributed by atoms with van der Waals surface area (Å²) < 4.78 is 0. The second-order valence-electron chi connectivity index (χ2n) is 4.36. The topological polar surface area (TPSA) is 84.6 Å². The van der Waals surface area contributed by atoms with Gasteiger partial charge in [0.2, 0.25) is 5.91 Å². The van der Waals surface area contributed by atoms with Crippen LogP contribution in [0.2, 0.25) is 0 Å². The van der Waals surface area contributed by atoms with E-state index in [1.54, 1.807) is 30.1 Å². The van der Waals surface area contributed by atoms with Crippen molar-refractivity contribution >= 4 is 23.3 Å². The Morgan fingerprint density at radius 3 is 2.84 bits per heavy atom. The molecule has 2 rings (SSSR count). The quantitative estimate of drug-likeness (QED) is 0.868. The minimum Gasteiger partial charge on any atom is -0.481 e. The van der Waals surface area contributed by atoms with Gasteiger partial charge in [0.1, 0.15) is 0 Å². The highest BCUT2D eigenvalue weighted by atomic mass is 16.4. The van der Waals surface area contributed by atoms with E-state index in [9.17, 15) is 9.59 Å². The zero-order valence-corrected chi connectivity index (χ0v) is 10.5. The fourth-order valence-corrected chi connectivity index (χ4v) is 2.09. The summed E-state index contributed by atoms with van der Waals surface area (Å²) >= 11 is 0. The van der Waals surface area contributed by atoms with Gasteiger partial charge in [0.15, 0.2) is 0 Å². The summed E-state index contributed by atoms with van der Waals surface area (Å²) in [4.78, 5) is 25.9. The molecule has 0 radical (unpaired) electrons. The lowest BCUT2D eigenvalue weighted by Crippen LogP contribution is -2.45. The predicted octanol–water partition coefficient (Wildman–Crippen LogP) is 0.816. The molecule has 0 saturated heterocycles. The summed E-state index contributed by atoms with van der Waals surface area (Å²) in [5, 5.41) is 17.6. The van der Waals surface area contributed by atoms with E-state index < -0.39 is 5.97 Å². The van der Waals surface area contributed by atoms with Crippen molar-refractivity contribution in [3.05, 3.63) is 23.8 Å². The van der Waals surface area contributed by atoms with Crippen LogP contribution in [0.15, 0.2) is 18.2 Å². The molecule has 1 aromatic carbocycles. The number of nitrogens with zero attached hydrogens (tertiary/aromatic N) is 3. The van der Waals surface area contributed by atoms with Crippen LogP contribution in [-0.4, -0.2) is 37.1 Å². The summed E-state index contributed by atoms with van der Waals surface area (Å²) in [6, 6.07) is 7.09. The molecule has 1 aliphatic heterocycles. The number of carboxylic acids is 1. The zero-order valence-electron chi connectivity index (χ0n) is 10.5. The maximum absolute atomic E-state index is 12.0. The van der Waals surface area contributed by atoms with Gasteiger partial charge in [-0.15, -0.1) is 0 Å². The average molecular weight is 259 g/mol. The molecule has 1 aromatic rings. The summed E-state index contributed by atoms with van der Waals surface area (Å²) in [7, 11) is 1.79. The Balaban J connectivity index is 2.40. The molecule has 0 aromatic heterocycles. The third-order valence-electron chi connectivity index (χ3n) is 3.03. The van der Waals surface area contributed by atoms with Crippen molar-refractivity contribution in [1.82, 2.24) is 0 Å². The van der Waals surface area contributed by atoms with Gasteiger partial charge in [-0.25, -0.2) is 0 Å². The number of fused-ring (bicyclic) bond motifs is 1. The van der Waals surface area contributed by atoms with Crippen molar-refractivity contribution in [2.24, 2.45) is 0 Å². The van der Waals surface area contributed by atoms with Gasteiger partial charge in [-0.2, -0.15) is 5.26 Å². The highest BCUT2D eigenvalue weighted by Crippen LogP contribution is 2.33. The fourth-order valence-electron chi connectivity index (χ4n) is 2.09. The summed E-state index contributed by atoms with van der Waals surface area (Å²) in [5.41, 5.74) is 1.87. The number of anilines is 2. The average Bonchev–Trinajstić information content (AvgIpc) is 2.37. The molecule has 6 heteroatoms. The number of likely N-dealkylation sites (N-methyl/N-ethyl adjacent to an activating group) is 1. The van der Waals surface area contributed by atoms with Crippen LogP contribution in [0.25, 0.3) is 0 Å². The number of aliphatic carboxylic acids is 1. The van der Waals surface area contributed by atoms with Crippen molar-refractivity contribution in [3.63, 3.8) is 0 Å². The fraction of sp³-hybridized carbons (Fsp3) is 0.308. The van der Waals surface area contributed by atoms with Crippen LogP contribution in [0, 0.1) is 11.3 Å². The van der Waals surface area contributed by atoms with Crippen LogP contribution >= 0.6 is 0 Å². The molecule has 98 valence electrons. The summed E-state index contributed by atoms with van der Waals surface area (Å²) in [6.45, 7) is 0.322. The lowest BCUT2D eigenvalue weighted by Gasteiger charge is -2.35. The van der Waals surface area contributed by atoms with E-state index in [1.165, 1.54) is 4.90 Å². The minimum atomic E-state index is -0.954. The molecular weight excluding hydrogens is 246 g/mol. The Morgan fingerprint density at radius 2 is 2.21 bits per heavy atom. The number of benzene rings is 1. The first-order chi connectivity index (χ1) is 9.02. The number of carbonyl (C=O) groups excluding carboxylic acids is 1. The van der Waals surface area contributed by atoms with E-state index in [0.717, 1.165) is 5.69 Å². The van der Waals surface area contributed by atoms with Gasteiger partial charge in [0.25, 0.3) is 0 Å². The van der Waals surface area contributed by atoms with Crippen LogP contribution in [-0.2, 0) is 9.59 Å². The van der Waals surface area contributed by atoms with Crippen molar-refractivity contribution in [2.75, 3.05) is 29.9 Å². The Morgan fingerprint density at radius 1 is 1.47 bits per heavy atom. The second kappa shape index (κ2) is 4.98. The maximum Gasteiger partial charge on any atom is 0.305 e. The third-order valence-corrected chi connectivity index (χ3v) is 3.03. The van der Waals surface area contributed by atoms with Crippen LogP contribution in [0.3, 0.4) is 0 Å². The van der Waals surface area contributed by atoms with E-state index in [-0.39, 0.29) is 25.4 Å². The lowest BCUT2D eigenvalue weighted by molar-refractivity contribution is -0.136. The standard InChI is InChI=1S/C13H13N3O3/c1-15-8-12(17)16(5-4-13(18)19)11-6-9(7-14)2-3-10(11)15/h2-3,6H,4-5,8H2,1H3,(H,18,19). The predicted molar refractivity (Wildman–Crippen MR) is 69.0 cm³/mol. The minimum absolute atomic E-state index is 0.115. The molecule has 0 aliphatic carbocycles. The van der Waals surface area contributed by atoms with E-state index in [1.807, 2.05) is 6.07 Å². The monoisotopic (exact) mass is 259 g/mol. The van der Waals surface area contributed by atoms with Gasteiger partial charge in [0.05, 0.1) is 36.0 Å². The Bertz CT molecular complexity index is 577. The van der Waals surface area contributed by atoms with Gasteiger partial charge in [-0.3, -0.25) is 9.59 Å². The summed E-state index contributed by atoms with van der Waals surface area (Å²) in [5.74, 6) is -1.11. The molecule has 0 unspecified atom stereocenters. The van der Waals surface area contributed by atoms with Crippen LogP contribution in [0.5, 0.6) is 0 Å². The third kappa shape index (κ3) is 2.50. The molecule has 0 saturated carbocycles. The van der Waals surface area contributed by atoms with E-state index in [2.05, 4.69) is 0 Å². The van der Waals surface area contributed by atoms with E-state index in [0.29, 0.717) is 11.3 Å². The second-order valence-corrected chi connectivity index (χ2v) is 4.36. The van der Waals surface area contributed by atoms with Gasteiger partial charge in [0, 0.05) is 13.6 Å². The Kier molecular flexibility index (Phi) is 3.38. The van der Waals surface area contributed by atoms with Crippen molar-refractivity contribution in [1.29, 1.82) is 5.26 Å². The maximum atomic E-state index is 12.0. The largest absolute Gasteiger partial charge is 0.481 e. The highest BCUT2D eigenvalue weighted by molar-refractivity contribution is 6.03. The molecule has 0 spiro atoms. The molecule has 0 fully saturated rings.